The van der Waals surface area contributed by atoms with E-state index in [1.54, 1.807) is 0 Å². The third kappa shape index (κ3) is 4.21. The van der Waals surface area contributed by atoms with Crippen LogP contribution in [0.1, 0.15) is 29.8 Å². The zero-order valence-electron chi connectivity index (χ0n) is 10.9. The molecule has 1 atom stereocenters. The summed E-state index contributed by atoms with van der Waals surface area (Å²) < 4.78 is 6.91. The normalized spacial score (nSPS) is 12.5. The summed E-state index contributed by atoms with van der Waals surface area (Å²) >= 11 is 6.07. The van der Waals surface area contributed by atoms with Crippen molar-refractivity contribution in [2.45, 2.75) is 24.8 Å². The summed E-state index contributed by atoms with van der Waals surface area (Å²) in [6.45, 7) is 4.07. The molecule has 0 aromatic heterocycles. The highest BCUT2D eigenvalue weighted by atomic mass is 127. The molecule has 0 bridgehead atoms. The van der Waals surface area contributed by atoms with Crippen LogP contribution >= 0.6 is 38.5 Å². The molecule has 2 aromatic rings. The first kappa shape index (κ1) is 14.9. The van der Waals surface area contributed by atoms with Gasteiger partial charge in [-0.25, -0.2) is 0 Å². The summed E-state index contributed by atoms with van der Waals surface area (Å²) in [5, 5.41) is 0. The molecule has 100 valence electrons. The van der Waals surface area contributed by atoms with Crippen LogP contribution < -0.4 is 4.74 Å². The first-order valence-corrected chi connectivity index (χ1v) is 8.22. The lowest BCUT2D eigenvalue weighted by molar-refractivity contribution is 0.242. The van der Waals surface area contributed by atoms with E-state index in [2.05, 4.69) is 74.9 Å². The zero-order valence-corrected chi connectivity index (χ0v) is 14.7. The van der Waals surface area contributed by atoms with Crippen LogP contribution in [0.4, 0.5) is 0 Å². The molecule has 0 aliphatic heterocycles. The van der Waals surface area contributed by atoms with Crippen molar-refractivity contribution in [3.63, 3.8) is 0 Å². The van der Waals surface area contributed by atoms with Crippen LogP contribution in [0.15, 0.2) is 48.5 Å². The molecular formula is C16H16BrIO. The summed E-state index contributed by atoms with van der Waals surface area (Å²) in [5.74, 6) is 0.918. The molecule has 1 unspecified atom stereocenters. The smallest absolute Gasteiger partial charge is 0.119 e. The van der Waals surface area contributed by atoms with Crippen LogP contribution in [0.25, 0.3) is 0 Å². The standard InChI is InChI=1S/C16H16BrIO/c1-11(2)19-15-9-5-13(6-10-15)16(17)12-3-7-14(18)8-4-12/h3-11,16H,1-2H3. The van der Waals surface area contributed by atoms with E-state index < -0.39 is 0 Å². The predicted molar refractivity (Wildman–Crippen MR) is 92.1 cm³/mol. The highest BCUT2D eigenvalue weighted by Crippen LogP contribution is 2.32. The molecule has 0 saturated heterocycles. The van der Waals surface area contributed by atoms with E-state index >= 15 is 0 Å². The number of hydrogen-bond donors (Lipinski definition) is 0. The van der Waals surface area contributed by atoms with Gasteiger partial charge in [0.15, 0.2) is 0 Å². The maximum Gasteiger partial charge on any atom is 0.119 e. The van der Waals surface area contributed by atoms with E-state index in [1.165, 1.54) is 14.7 Å². The van der Waals surface area contributed by atoms with Crippen molar-refractivity contribution in [3.8, 4) is 5.75 Å². The number of hydrogen-bond acceptors (Lipinski definition) is 1. The Labute approximate surface area is 136 Å². The van der Waals surface area contributed by atoms with Crippen molar-refractivity contribution < 1.29 is 4.74 Å². The van der Waals surface area contributed by atoms with Gasteiger partial charge in [-0.3, -0.25) is 0 Å². The van der Waals surface area contributed by atoms with Crippen LogP contribution in [0.2, 0.25) is 0 Å². The van der Waals surface area contributed by atoms with Crippen molar-refractivity contribution >= 4 is 38.5 Å². The fourth-order valence-corrected chi connectivity index (χ4v) is 2.78. The summed E-state index contributed by atoms with van der Waals surface area (Å²) in [7, 11) is 0. The first-order valence-electron chi connectivity index (χ1n) is 6.22. The number of benzene rings is 2. The molecule has 0 amide bonds. The molecule has 0 aliphatic rings. The Morgan fingerprint density at radius 1 is 0.895 bits per heavy atom. The van der Waals surface area contributed by atoms with Gasteiger partial charge >= 0.3 is 0 Å². The second kappa shape index (κ2) is 6.75. The highest BCUT2D eigenvalue weighted by molar-refractivity contribution is 14.1. The largest absolute Gasteiger partial charge is 0.491 e. The third-order valence-electron chi connectivity index (χ3n) is 2.71. The molecule has 2 aromatic carbocycles. The van der Waals surface area contributed by atoms with Crippen molar-refractivity contribution in [2.75, 3.05) is 0 Å². The van der Waals surface area contributed by atoms with Crippen molar-refractivity contribution in [1.29, 1.82) is 0 Å². The first-order chi connectivity index (χ1) is 9.06. The summed E-state index contributed by atoms with van der Waals surface area (Å²) in [4.78, 5) is 0.220. The Kier molecular flexibility index (Phi) is 5.28. The lowest BCUT2D eigenvalue weighted by atomic mass is 10.0. The highest BCUT2D eigenvalue weighted by Gasteiger charge is 2.10. The SMILES string of the molecule is CC(C)Oc1ccc(C(Br)c2ccc(I)cc2)cc1. The summed E-state index contributed by atoms with van der Waals surface area (Å²) in [5.41, 5.74) is 2.50. The van der Waals surface area contributed by atoms with Crippen LogP contribution in [0.3, 0.4) is 0 Å². The maximum absolute atomic E-state index is 5.65. The van der Waals surface area contributed by atoms with Gasteiger partial charge in [-0.1, -0.05) is 40.2 Å². The van der Waals surface area contributed by atoms with E-state index in [0.29, 0.717) is 0 Å². The van der Waals surface area contributed by atoms with E-state index in [0.717, 1.165) is 5.75 Å². The Morgan fingerprint density at radius 3 is 1.84 bits per heavy atom. The minimum Gasteiger partial charge on any atom is -0.491 e. The van der Waals surface area contributed by atoms with Gasteiger partial charge in [0.25, 0.3) is 0 Å². The maximum atomic E-state index is 5.65. The molecule has 0 N–H and O–H groups in total. The van der Waals surface area contributed by atoms with Gasteiger partial charge in [0, 0.05) is 3.57 Å². The summed E-state index contributed by atoms with van der Waals surface area (Å²) in [6.07, 6.45) is 0.210. The van der Waals surface area contributed by atoms with Crippen molar-refractivity contribution in [1.82, 2.24) is 0 Å². The van der Waals surface area contributed by atoms with Crippen LogP contribution in [-0.4, -0.2) is 6.10 Å². The average molecular weight is 431 g/mol. The molecule has 0 radical (unpaired) electrons. The predicted octanol–water partition coefficient (Wildman–Crippen LogP) is 5.56. The van der Waals surface area contributed by atoms with Gasteiger partial charge in [0.2, 0.25) is 0 Å². The Bertz CT molecular complexity index is 519. The number of halogens is 2. The molecular weight excluding hydrogens is 415 g/mol. The zero-order chi connectivity index (χ0) is 13.8. The number of rotatable bonds is 4. The molecule has 0 saturated carbocycles. The Balaban J connectivity index is 2.15. The molecule has 0 heterocycles. The quantitative estimate of drug-likeness (QED) is 0.455. The second-order valence-corrected chi connectivity index (χ2v) is 6.81. The van der Waals surface area contributed by atoms with Crippen LogP contribution in [0, 0.1) is 3.57 Å². The number of alkyl halides is 1. The lowest BCUT2D eigenvalue weighted by Crippen LogP contribution is -2.05. The molecule has 19 heavy (non-hydrogen) atoms. The minimum atomic E-state index is 0.210. The van der Waals surface area contributed by atoms with Gasteiger partial charge < -0.3 is 4.74 Å². The van der Waals surface area contributed by atoms with Gasteiger partial charge in [-0.05, 0) is 71.8 Å². The van der Waals surface area contributed by atoms with Gasteiger partial charge in [-0.15, -0.1) is 0 Å². The van der Waals surface area contributed by atoms with Gasteiger partial charge in [0.05, 0.1) is 10.9 Å². The lowest BCUT2D eigenvalue weighted by Gasteiger charge is -2.13. The third-order valence-corrected chi connectivity index (χ3v) is 4.48. The molecule has 0 spiro atoms. The second-order valence-electron chi connectivity index (χ2n) is 4.65. The van der Waals surface area contributed by atoms with Crippen LogP contribution in [0.5, 0.6) is 5.75 Å². The Morgan fingerprint density at radius 2 is 1.37 bits per heavy atom. The van der Waals surface area contributed by atoms with Crippen LogP contribution in [-0.2, 0) is 0 Å². The van der Waals surface area contributed by atoms with Gasteiger partial charge in [0.1, 0.15) is 5.75 Å². The molecule has 0 aliphatic carbocycles. The molecule has 3 heteroatoms. The topological polar surface area (TPSA) is 9.23 Å². The van der Waals surface area contributed by atoms with Crippen molar-refractivity contribution in [2.24, 2.45) is 0 Å². The average Bonchev–Trinajstić information content (AvgIpc) is 2.39. The van der Waals surface area contributed by atoms with E-state index in [-0.39, 0.29) is 10.9 Å². The van der Waals surface area contributed by atoms with Gasteiger partial charge in [-0.2, -0.15) is 0 Å². The monoisotopic (exact) mass is 430 g/mol. The minimum absolute atomic E-state index is 0.210. The fourth-order valence-electron chi connectivity index (χ4n) is 1.81. The molecule has 0 fully saturated rings. The van der Waals surface area contributed by atoms with Crippen molar-refractivity contribution in [3.05, 3.63) is 63.2 Å². The Hall–Kier alpha value is -0.550. The summed E-state index contributed by atoms with van der Waals surface area (Å²) in [6, 6.07) is 16.8. The number of ether oxygens (including phenoxy) is 1. The molecule has 2 rings (SSSR count). The molecule has 1 nitrogen and oxygen atoms in total. The van der Waals surface area contributed by atoms with E-state index in [4.69, 9.17) is 4.74 Å². The fraction of sp³-hybridized carbons (Fsp3) is 0.250. The van der Waals surface area contributed by atoms with E-state index in [1.807, 2.05) is 26.0 Å². The van der Waals surface area contributed by atoms with E-state index in [9.17, 15) is 0 Å².